The summed E-state index contributed by atoms with van der Waals surface area (Å²) >= 11 is 0. The lowest BCUT2D eigenvalue weighted by atomic mass is 9.74. The first kappa shape index (κ1) is 20.3. The van der Waals surface area contributed by atoms with E-state index in [1.54, 1.807) is 7.05 Å². The molecule has 30 heavy (non-hydrogen) atoms. The van der Waals surface area contributed by atoms with Crippen molar-refractivity contribution in [3.8, 4) is 17.2 Å². The molecule has 0 amide bonds. The summed E-state index contributed by atoms with van der Waals surface area (Å²) in [6.07, 6.45) is 1.88. The van der Waals surface area contributed by atoms with Crippen LogP contribution in [0.2, 0.25) is 0 Å². The summed E-state index contributed by atoms with van der Waals surface area (Å²) in [6.45, 7) is 3.75. The lowest BCUT2D eigenvalue weighted by molar-refractivity contribution is 0.0513. The predicted octanol–water partition coefficient (Wildman–Crippen LogP) is 2.71. The number of ether oxygens (including phenoxy) is 4. The Labute approximate surface area is 177 Å². The molecule has 7 nitrogen and oxygen atoms in total. The van der Waals surface area contributed by atoms with E-state index in [-0.39, 0.29) is 12.2 Å². The van der Waals surface area contributed by atoms with Gasteiger partial charge in [-0.3, -0.25) is 4.99 Å². The highest BCUT2D eigenvalue weighted by molar-refractivity contribution is 5.79. The lowest BCUT2D eigenvalue weighted by Crippen LogP contribution is -2.48. The molecule has 160 valence electrons. The van der Waals surface area contributed by atoms with Crippen molar-refractivity contribution in [1.29, 1.82) is 0 Å². The van der Waals surface area contributed by atoms with E-state index in [4.69, 9.17) is 18.9 Å². The smallest absolute Gasteiger partial charge is 0.231 e. The van der Waals surface area contributed by atoms with E-state index >= 15 is 0 Å². The number of aliphatic imine (C=N–C) groups is 1. The highest BCUT2D eigenvalue weighted by Crippen LogP contribution is 2.40. The normalized spacial score (nSPS) is 17.4. The molecule has 1 saturated heterocycles. The number of fused-ring (bicyclic) bond motifs is 1. The minimum Gasteiger partial charge on any atom is -0.492 e. The van der Waals surface area contributed by atoms with E-state index in [0.717, 1.165) is 55.8 Å². The van der Waals surface area contributed by atoms with Crippen molar-refractivity contribution in [3.63, 3.8) is 0 Å². The van der Waals surface area contributed by atoms with Crippen molar-refractivity contribution in [2.45, 2.75) is 18.3 Å². The molecule has 2 N–H and O–H groups in total. The Balaban J connectivity index is 1.34. The van der Waals surface area contributed by atoms with Gasteiger partial charge in [0, 0.05) is 32.2 Å². The number of nitrogens with zero attached hydrogens (tertiary/aromatic N) is 1. The van der Waals surface area contributed by atoms with E-state index in [1.807, 2.05) is 36.4 Å². The summed E-state index contributed by atoms with van der Waals surface area (Å²) in [6, 6.07) is 16.1. The Morgan fingerprint density at radius 2 is 1.83 bits per heavy atom. The molecule has 2 aliphatic heterocycles. The molecular weight excluding hydrogens is 382 g/mol. The Morgan fingerprint density at radius 1 is 1.03 bits per heavy atom. The van der Waals surface area contributed by atoms with Crippen molar-refractivity contribution in [3.05, 3.63) is 54.1 Å². The third kappa shape index (κ3) is 4.79. The van der Waals surface area contributed by atoms with Crippen LogP contribution >= 0.6 is 0 Å². The van der Waals surface area contributed by atoms with Crippen LogP contribution in [0.4, 0.5) is 0 Å². The molecule has 0 radical (unpaired) electrons. The summed E-state index contributed by atoms with van der Waals surface area (Å²) in [5, 5.41) is 6.83. The van der Waals surface area contributed by atoms with Gasteiger partial charge in [0.2, 0.25) is 6.79 Å². The van der Waals surface area contributed by atoms with Crippen LogP contribution in [-0.2, 0) is 10.2 Å². The van der Waals surface area contributed by atoms with Crippen LogP contribution < -0.4 is 24.8 Å². The molecule has 0 spiro atoms. The van der Waals surface area contributed by atoms with Gasteiger partial charge in [0.25, 0.3) is 0 Å². The van der Waals surface area contributed by atoms with Crippen LogP contribution in [0.15, 0.2) is 53.5 Å². The molecule has 0 aliphatic carbocycles. The molecule has 0 unspecified atom stereocenters. The maximum absolute atomic E-state index is 5.74. The zero-order valence-electron chi connectivity index (χ0n) is 17.4. The van der Waals surface area contributed by atoms with Gasteiger partial charge in [0.15, 0.2) is 17.5 Å². The fourth-order valence-electron chi connectivity index (χ4n) is 3.88. The maximum Gasteiger partial charge on any atom is 0.231 e. The van der Waals surface area contributed by atoms with Gasteiger partial charge < -0.3 is 29.6 Å². The standard InChI is InChI=1S/C23H29N3O4/c1-24-22(25-11-14-28-19-5-3-2-4-6-19)26-16-23(9-12-27-13-10-23)18-7-8-20-21(15-18)30-17-29-20/h2-8,15H,9-14,16-17H2,1H3,(H2,24,25,26). The van der Waals surface area contributed by atoms with E-state index < -0.39 is 0 Å². The van der Waals surface area contributed by atoms with Gasteiger partial charge in [-0.25, -0.2) is 0 Å². The number of benzene rings is 2. The monoisotopic (exact) mass is 411 g/mol. The van der Waals surface area contributed by atoms with E-state index in [9.17, 15) is 0 Å². The molecule has 1 fully saturated rings. The second kappa shape index (κ2) is 9.71. The van der Waals surface area contributed by atoms with Crippen molar-refractivity contribution in [1.82, 2.24) is 10.6 Å². The first-order chi connectivity index (χ1) is 14.8. The Hall–Kier alpha value is -2.93. The van der Waals surface area contributed by atoms with E-state index in [1.165, 1.54) is 5.56 Å². The zero-order valence-corrected chi connectivity index (χ0v) is 17.4. The molecule has 0 atom stereocenters. The molecule has 2 aromatic carbocycles. The first-order valence-corrected chi connectivity index (χ1v) is 10.4. The minimum absolute atomic E-state index is 0.0443. The fraction of sp³-hybridized carbons (Fsp3) is 0.435. The summed E-state index contributed by atoms with van der Waals surface area (Å²) in [7, 11) is 1.78. The molecule has 0 bridgehead atoms. The van der Waals surface area contributed by atoms with Crippen molar-refractivity contribution in [2.75, 3.05) is 46.8 Å². The third-order valence-electron chi connectivity index (χ3n) is 5.66. The van der Waals surface area contributed by atoms with Gasteiger partial charge in [-0.15, -0.1) is 0 Å². The average molecular weight is 412 g/mol. The number of hydrogen-bond acceptors (Lipinski definition) is 5. The summed E-state index contributed by atoms with van der Waals surface area (Å²) in [4.78, 5) is 4.36. The molecule has 0 saturated carbocycles. The highest BCUT2D eigenvalue weighted by Gasteiger charge is 2.35. The minimum atomic E-state index is -0.0443. The van der Waals surface area contributed by atoms with Crippen molar-refractivity contribution < 1.29 is 18.9 Å². The number of hydrogen-bond donors (Lipinski definition) is 2. The van der Waals surface area contributed by atoms with Crippen LogP contribution in [0.1, 0.15) is 18.4 Å². The quantitative estimate of drug-likeness (QED) is 0.415. The van der Waals surface area contributed by atoms with Gasteiger partial charge in [-0.1, -0.05) is 24.3 Å². The lowest BCUT2D eigenvalue weighted by Gasteiger charge is -2.38. The maximum atomic E-state index is 5.74. The number of guanidine groups is 1. The zero-order chi connectivity index (χ0) is 20.7. The van der Waals surface area contributed by atoms with Crippen molar-refractivity contribution in [2.24, 2.45) is 4.99 Å². The molecule has 2 aromatic rings. The topological polar surface area (TPSA) is 73.3 Å². The highest BCUT2D eigenvalue weighted by atomic mass is 16.7. The number of nitrogens with one attached hydrogen (secondary N) is 2. The van der Waals surface area contributed by atoms with Crippen molar-refractivity contribution >= 4 is 5.96 Å². The molecule has 2 aliphatic rings. The van der Waals surface area contributed by atoms with E-state index in [2.05, 4.69) is 27.8 Å². The van der Waals surface area contributed by atoms with Crippen LogP contribution in [0.5, 0.6) is 17.2 Å². The number of rotatable bonds is 7. The fourth-order valence-corrected chi connectivity index (χ4v) is 3.88. The molecule has 7 heteroatoms. The van der Waals surface area contributed by atoms with Gasteiger partial charge in [0.1, 0.15) is 12.4 Å². The molecule has 0 aromatic heterocycles. The predicted molar refractivity (Wildman–Crippen MR) is 116 cm³/mol. The molecule has 4 rings (SSSR count). The van der Waals surface area contributed by atoms with Gasteiger partial charge in [-0.2, -0.15) is 0 Å². The summed E-state index contributed by atoms with van der Waals surface area (Å²) in [5.74, 6) is 3.26. The van der Waals surface area contributed by atoms with Crippen LogP contribution in [0, 0.1) is 0 Å². The number of para-hydroxylation sites is 1. The van der Waals surface area contributed by atoms with Gasteiger partial charge in [-0.05, 0) is 42.7 Å². The third-order valence-corrected chi connectivity index (χ3v) is 5.66. The average Bonchev–Trinajstić information content (AvgIpc) is 3.28. The van der Waals surface area contributed by atoms with Crippen LogP contribution in [0.3, 0.4) is 0 Å². The first-order valence-electron chi connectivity index (χ1n) is 10.4. The van der Waals surface area contributed by atoms with Gasteiger partial charge >= 0.3 is 0 Å². The molecule has 2 heterocycles. The molecular formula is C23H29N3O4. The SMILES string of the molecule is CN=C(NCCOc1ccccc1)NCC1(c2ccc3c(c2)OCO3)CCOCC1. The van der Waals surface area contributed by atoms with Crippen LogP contribution in [0.25, 0.3) is 0 Å². The van der Waals surface area contributed by atoms with E-state index in [0.29, 0.717) is 13.2 Å². The summed E-state index contributed by atoms with van der Waals surface area (Å²) in [5.41, 5.74) is 1.20. The second-order valence-electron chi connectivity index (χ2n) is 7.47. The van der Waals surface area contributed by atoms with Crippen LogP contribution in [-0.4, -0.2) is 52.7 Å². The Bertz CT molecular complexity index is 851. The summed E-state index contributed by atoms with van der Waals surface area (Å²) < 4.78 is 22.5. The second-order valence-corrected chi connectivity index (χ2v) is 7.47. The largest absolute Gasteiger partial charge is 0.492 e. The Morgan fingerprint density at radius 3 is 2.63 bits per heavy atom. The van der Waals surface area contributed by atoms with Gasteiger partial charge in [0.05, 0.1) is 6.54 Å². The Kier molecular flexibility index (Phi) is 6.59.